The molecular formula is C19H18FNO2. The van der Waals surface area contributed by atoms with Crippen LogP contribution < -0.4 is 5.32 Å². The molecule has 0 saturated heterocycles. The number of amides is 1. The Hall–Kier alpha value is -2.20. The number of fused-ring (bicyclic) bond motifs is 1. The van der Waals surface area contributed by atoms with E-state index in [1.54, 1.807) is 12.1 Å². The van der Waals surface area contributed by atoms with Crippen molar-refractivity contribution in [1.29, 1.82) is 0 Å². The van der Waals surface area contributed by atoms with Crippen molar-refractivity contribution in [2.75, 3.05) is 0 Å². The van der Waals surface area contributed by atoms with Crippen molar-refractivity contribution in [3.63, 3.8) is 0 Å². The zero-order valence-electron chi connectivity index (χ0n) is 12.6. The fraction of sp³-hybridized carbons (Fsp3) is 0.316. The van der Waals surface area contributed by atoms with Gasteiger partial charge in [-0.25, -0.2) is 4.39 Å². The zero-order valence-corrected chi connectivity index (χ0v) is 12.6. The van der Waals surface area contributed by atoms with Crippen molar-refractivity contribution in [1.82, 2.24) is 5.32 Å². The molecule has 2 N–H and O–H groups in total. The molecule has 0 radical (unpaired) electrons. The second-order valence-electron chi connectivity index (χ2n) is 6.46. The summed E-state index contributed by atoms with van der Waals surface area (Å²) in [4.78, 5) is 12.5. The van der Waals surface area contributed by atoms with Gasteiger partial charge in [0.2, 0.25) is 5.91 Å². The number of halogens is 1. The molecule has 118 valence electrons. The molecule has 0 bridgehead atoms. The summed E-state index contributed by atoms with van der Waals surface area (Å²) in [6.45, 7) is 0. The van der Waals surface area contributed by atoms with Crippen LogP contribution in [0.4, 0.5) is 4.39 Å². The lowest BCUT2D eigenvalue weighted by molar-refractivity contribution is -0.123. The topological polar surface area (TPSA) is 49.3 Å². The molecule has 2 aliphatic carbocycles. The molecule has 4 heteroatoms. The smallest absolute Gasteiger partial charge is 0.224 e. The molecule has 1 amide bonds. The van der Waals surface area contributed by atoms with Gasteiger partial charge < -0.3 is 10.4 Å². The summed E-state index contributed by atoms with van der Waals surface area (Å²) >= 11 is 0. The van der Waals surface area contributed by atoms with E-state index >= 15 is 0 Å². The van der Waals surface area contributed by atoms with Crippen LogP contribution in [-0.4, -0.2) is 17.1 Å². The Morgan fingerprint density at radius 2 is 1.87 bits per heavy atom. The van der Waals surface area contributed by atoms with E-state index in [0.717, 1.165) is 23.1 Å². The third-order valence-electron chi connectivity index (χ3n) is 4.93. The average Bonchev–Trinajstić information content (AvgIpc) is 3.28. The molecule has 3 nitrogen and oxygen atoms in total. The first-order valence-electron chi connectivity index (χ1n) is 7.95. The van der Waals surface area contributed by atoms with Crippen molar-refractivity contribution in [3.05, 3.63) is 71.0 Å². The number of benzene rings is 2. The molecule has 1 fully saturated rings. The maximum atomic E-state index is 13.0. The molecule has 0 unspecified atom stereocenters. The van der Waals surface area contributed by atoms with Gasteiger partial charge in [0.25, 0.3) is 0 Å². The number of carbonyl (C=O) groups excluding carboxylic acids is 1. The highest BCUT2D eigenvalue weighted by atomic mass is 19.1. The minimum absolute atomic E-state index is 0.0277. The number of carbonyl (C=O) groups is 1. The van der Waals surface area contributed by atoms with E-state index in [1.807, 2.05) is 24.3 Å². The van der Waals surface area contributed by atoms with Gasteiger partial charge in [0.15, 0.2) is 0 Å². The van der Waals surface area contributed by atoms with Crippen molar-refractivity contribution < 1.29 is 14.3 Å². The second-order valence-corrected chi connectivity index (χ2v) is 6.46. The Balaban J connectivity index is 1.44. The molecule has 0 aromatic heterocycles. The SMILES string of the molecule is O=C(N[C@@H]1c2ccccc2C[C@@H]1O)[C@@H]1C[C@@H]1c1ccc(F)cc1. The Labute approximate surface area is 134 Å². The minimum atomic E-state index is -0.570. The molecule has 0 spiro atoms. The maximum Gasteiger partial charge on any atom is 0.224 e. The first-order chi connectivity index (χ1) is 11.1. The van der Waals surface area contributed by atoms with E-state index in [0.29, 0.717) is 6.42 Å². The number of hydrogen-bond donors (Lipinski definition) is 2. The van der Waals surface area contributed by atoms with Crippen LogP contribution in [0.25, 0.3) is 0 Å². The maximum absolute atomic E-state index is 13.0. The third-order valence-corrected chi connectivity index (χ3v) is 4.93. The molecule has 2 aromatic carbocycles. The predicted molar refractivity (Wildman–Crippen MR) is 84.3 cm³/mol. The average molecular weight is 311 g/mol. The van der Waals surface area contributed by atoms with Crippen molar-refractivity contribution in [2.45, 2.75) is 30.9 Å². The van der Waals surface area contributed by atoms with Gasteiger partial charge in [0, 0.05) is 12.3 Å². The van der Waals surface area contributed by atoms with E-state index < -0.39 is 6.10 Å². The van der Waals surface area contributed by atoms with Crippen LogP contribution in [0.1, 0.15) is 35.1 Å². The van der Waals surface area contributed by atoms with Gasteiger partial charge in [0.05, 0.1) is 12.1 Å². The second kappa shape index (κ2) is 5.46. The van der Waals surface area contributed by atoms with Gasteiger partial charge in [-0.05, 0) is 41.2 Å². The van der Waals surface area contributed by atoms with Crippen LogP contribution >= 0.6 is 0 Å². The van der Waals surface area contributed by atoms with Gasteiger partial charge >= 0.3 is 0 Å². The lowest BCUT2D eigenvalue weighted by Gasteiger charge is -2.18. The predicted octanol–water partition coefficient (Wildman–Crippen LogP) is 2.70. The Kier molecular flexibility index (Phi) is 3.42. The summed E-state index contributed by atoms with van der Waals surface area (Å²) in [5, 5.41) is 13.2. The Morgan fingerprint density at radius 3 is 2.65 bits per heavy atom. The van der Waals surface area contributed by atoms with Crippen molar-refractivity contribution in [2.24, 2.45) is 5.92 Å². The minimum Gasteiger partial charge on any atom is -0.390 e. The summed E-state index contributed by atoms with van der Waals surface area (Å²) < 4.78 is 13.0. The number of aliphatic hydroxyl groups excluding tert-OH is 1. The van der Waals surface area contributed by atoms with Gasteiger partial charge in [0.1, 0.15) is 5.82 Å². The van der Waals surface area contributed by atoms with E-state index in [-0.39, 0.29) is 29.6 Å². The standard InChI is InChI=1S/C19H18FNO2/c20-13-7-5-11(6-8-13)15-10-16(15)19(23)21-18-14-4-2-1-3-12(14)9-17(18)22/h1-8,15-18,22H,9-10H2,(H,21,23)/t15-,16-,17+,18-/m1/s1. The van der Waals surface area contributed by atoms with Gasteiger partial charge in [-0.3, -0.25) is 4.79 Å². The Bertz CT molecular complexity index is 743. The Morgan fingerprint density at radius 1 is 1.13 bits per heavy atom. The highest BCUT2D eigenvalue weighted by molar-refractivity contribution is 5.83. The molecule has 0 heterocycles. The fourth-order valence-electron chi connectivity index (χ4n) is 3.57. The normalized spacial score (nSPS) is 28.3. The molecular weight excluding hydrogens is 293 g/mol. The summed E-state index contributed by atoms with van der Waals surface area (Å²) in [6, 6.07) is 13.8. The quantitative estimate of drug-likeness (QED) is 0.915. The highest BCUT2D eigenvalue weighted by Gasteiger charge is 2.45. The first kappa shape index (κ1) is 14.4. The number of aliphatic hydroxyl groups is 1. The first-order valence-corrected chi connectivity index (χ1v) is 7.95. The molecule has 0 aliphatic heterocycles. The van der Waals surface area contributed by atoms with Crippen LogP contribution in [0.15, 0.2) is 48.5 Å². The lowest BCUT2D eigenvalue weighted by atomic mass is 10.1. The number of nitrogens with one attached hydrogen (secondary N) is 1. The van der Waals surface area contributed by atoms with E-state index in [9.17, 15) is 14.3 Å². The summed E-state index contributed by atoms with van der Waals surface area (Å²) in [5.41, 5.74) is 3.10. The van der Waals surface area contributed by atoms with E-state index in [1.165, 1.54) is 12.1 Å². The molecule has 2 aromatic rings. The number of rotatable bonds is 3. The van der Waals surface area contributed by atoms with Gasteiger partial charge in [-0.15, -0.1) is 0 Å². The van der Waals surface area contributed by atoms with Crippen LogP contribution in [0, 0.1) is 11.7 Å². The molecule has 2 aliphatic rings. The fourth-order valence-corrected chi connectivity index (χ4v) is 3.57. The summed E-state index contributed by atoms with van der Waals surface area (Å²) in [7, 11) is 0. The van der Waals surface area contributed by atoms with E-state index in [4.69, 9.17) is 0 Å². The number of hydrogen-bond acceptors (Lipinski definition) is 2. The van der Waals surface area contributed by atoms with Crippen LogP contribution in [0.2, 0.25) is 0 Å². The highest BCUT2D eigenvalue weighted by Crippen LogP contribution is 2.48. The third kappa shape index (κ3) is 2.63. The molecule has 4 atom stereocenters. The van der Waals surface area contributed by atoms with E-state index in [2.05, 4.69) is 5.32 Å². The van der Waals surface area contributed by atoms with Gasteiger partial charge in [-0.1, -0.05) is 36.4 Å². The largest absolute Gasteiger partial charge is 0.390 e. The van der Waals surface area contributed by atoms with Crippen molar-refractivity contribution in [3.8, 4) is 0 Å². The van der Waals surface area contributed by atoms with Crippen LogP contribution in [0.3, 0.4) is 0 Å². The lowest BCUT2D eigenvalue weighted by Crippen LogP contribution is -2.35. The van der Waals surface area contributed by atoms with Gasteiger partial charge in [-0.2, -0.15) is 0 Å². The summed E-state index contributed by atoms with van der Waals surface area (Å²) in [5.74, 6) is -0.217. The summed E-state index contributed by atoms with van der Waals surface area (Å²) in [6.07, 6.45) is 0.786. The van der Waals surface area contributed by atoms with Crippen molar-refractivity contribution >= 4 is 5.91 Å². The monoisotopic (exact) mass is 311 g/mol. The molecule has 23 heavy (non-hydrogen) atoms. The molecule has 4 rings (SSSR count). The zero-order chi connectivity index (χ0) is 16.0. The molecule has 1 saturated carbocycles. The van der Waals surface area contributed by atoms with Crippen LogP contribution in [0.5, 0.6) is 0 Å². The van der Waals surface area contributed by atoms with Crippen LogP contribution in [-0.2, 0) is 11.2 Å².